The zero-order chi connectivity index (χ0) is 21.0. The van der Waals surface area contributed by atoms with E-state index < -0.39 is 28.5 Å². The summed E-state index contributed by atoms with van der Waals surface area (Å²) in [6.45, 7) is 0.221. The summed E-state index contributed by atoms with van der Waals surface area (Å²) in [6.07, 6.45) is 3.23. The molecule has 2 aromatic rings. The van der Waals surface area contributed by atoms with Crippen LogP contribution in [-0.4, -0.2) is 41.5 Å². The number of amides is 3. The van der Waals surface area contributed by atoms with Crippen molar-refractivity contribution in [3.63, 3.8) is 0 Å². The summed E-state index contributed by atoms with van der Waals surface area (Å²) < 4.78 is 37.2. The third kappa shape index (κ3) is 5.98. The standard InChI is InChI=1S/C17H19N5O6S.Na/c18-17(24)22(28-29(25,26)27)14-10-20-15(13-4-2-1-3-12(13)14)16(23)21-9-11-5-7-19-8-6-11;/h1-8,14-15,20H,9-10H2,(H2,18,24)(H,21,23)(H,25,26,27);/q;+1/p-1/t14-,15+;/m1./s1. The molecule has 0 bridgehead atoms. The Balaban J connectivity index is 0.00000320. The van der Waals surface area contributed by atoms with Gasteiger partial charge in [-0.15, -0.1) is 0 Å². The molecule has 1 aromatic heterocycles. The largest absolute Gasteiger partial charge is 1.00 e. The van der Waals surface area contributed by atoms with E-state index in [2.05, 4.69) is 19.9 Å². The molecule has 0 aliphatic carbocycles. The van der Waals surface area contributed by atoms with Gasteiger partial charge in [-0.25, -0.2) is 13.2 Å². The van der Waals surface area contributed by atoms with Crippen molar-refractivity contribution in [3.05, 3.63) is 65.5 Å². The number of hydrogen-bond acceptors (Lipinski definition) is 8. The van der Waals surface area contributed by atoms with Crippen molar-refractivity contribution in [1.82, 2.24) is 20.7 Å². The molecule has 13 heteroatoms. The number of aromatic nitrogens is 1. The van der Waals surface area contributed by atoms with E-state index in [1.165, 1.54) is 0 Å². The Labute approximate surface area is 195 Å². The second kappa shape index (κ2) is 10.3. The van der Waals surface area contributed by atoms with Gasteiger partial charge in [-0.2, -0.15) is 9.35 Å². The molecule has 1 aromatic carbocycles. The normalized spacial score (nSPS) is 17.9. The monoisotopic (exact) mass is 443 g/mol. The number of fused-ring (bicyclic) bond motifs is 1. The molecule has 0 saturated carbocycles. The maximum Gasteiger partial charge on any atom is 1.00 e. The van der Waals surface area contributed by atoms with Crippen LogP contribution < -0.4 is 45.9 Å². The quantitative estimate of drug-likeness (QED) is 0.182. The Bertz CT molecular complexity index is 1010. The molecule has 1 aliphatic heterocycles. The Hall–Kier alpha value is -2.06. The zero-order valence-electron chi connectivity index (χ0n) is 16.0. The predicted octanol–water partition coefficient (Wildman–Crippen LogP) is -3.14. The average molecular weight is 443 g/mol. The number of hydroxylamine groups is 2. The molecule has 1 aliphatic rings. The summed E-state index contributed by atoms with van der Waals surface area (Å²) in [4.78, 5) is 28.3. The third-order valence-electron chi connectivity index (χ3n) is 4.33. The molecule has 154 valence electrons. The van der Waals surface area contributed by atoms with Crippen LogP contribution in [0.5, 0.6) is 0 Å². The van der Waals surface area contributed by atoms with Gasteiger partial charge in [-0.1, -0.05) is 24.3 Å². The van der Waals surface area contributed by atoms with Crippen LogP contribution >= 0.6 is 0 Å². The Morgan fingerprint density at radius 1 is 1.23 bits per heavy atom. The van der Waals surface area contributed by atoms with Crippen LogP contribution in [0.15, 0.2) is 48.8 Å². The average Bonchev–Trinajstić information content (AvgIpc) is 2.69. The smallest absolute Gasteiger partial charge is 0.724 e. The van der Waals surface area contributed by atoms with Gasteiger partial charge < -0.3 is 15.6 Å². The second-order valence-corrected chi connectivity index (χ2v) is 7.17. The number of urea groups is 1. The maximum absolute atomic E-state index is 12.7. The number of pyridine rings is 1. The van der Waals surface area contributed by atoms with Crippen LogP contribution in [0.3, 0.4) is 0 Å². The van der Waals surface area contributed by atoms with Gasteiger partial charge in [0.05, 0.1) is 0 Å². The van der Waals surface area contributed by atoms with Crippen LogP contribution in [0.25, 0.3) is 0 Å². The minimum atomic E-state index is -5.23. The second-order valence-electron chi connectivity index (χ2n) is 6.21. The third-order valence-corrected chi connectivity index (χ3v) is 4.67. The van der Waals surface area contributed by atoms with Crippen molar-refractivity contribution in [2.75, 3.05) is 6.54 Å². The van der Waals surface area contributed by atoms with Gasteiger partial charge in [0, 0.05) is 25.5 Å². The van der Waals surface area contributed by atoms with E-state index in [9.17, 15) is 22.6 Å². The Morgan fingerprint density at radius 2 is 1.87 bits per heavy atom. The topological polar surface area (TPSA) is 167 Å². The Morgan fingerprint density at radius 3 is 2.47 bits per heavy atom. The first kappa shape index (κ1) is 24.2. The molecule has 0 unspecified atom stereocenters. The summed E-state index contributed by atoms with van der Waals surface area (Å²) in [7, 11) is -5.23. The van der Waals surface area contributed by atoms with Crippen molar-refractivity contribution in [2.24, 2.45) is 5.73 Å². The number of rotatable bonds is 6. The number of nitrogens with zero attached hydrogens (tertiary/aromatic N) is 2. The molecule has 4 N–H and O–H groups in total. The zero-order valence-corrected chi connectivity index (χ0v) is 18.8. The van der Waals surface area contributed by atoms with Gasteiger partial charge in [0.15, 0.2) is 0 Å². The fourth-order valence-electron chi connectivity index (χ4n) is 3.10. The van der Waals surface area contributed by atoms with E-state index in [4.69, 9.17) is 5.73 Å². The number of hydrogen-bond donors (Lipinski definition) is 3. The molecule has 0 saturated heterocycles. The van der Waals surface area contributed by atoms with Gasteiger partial charge >= 0.3 is 35.6 Å². The van der Waals surface area contributed by atoms with Gasteiger partial charge in [0.1, 0.15) is 12.1 Å². The first-order chi connectivity index (χ1) is 13.8. The van der Waals surface area contributed by atoms with E-state index in [-0.39, 0.29) is 48.6 Å². The SMILES string of the molecule is NC(=O)N(OS(=O)(=O)[O-])[C@@H]1CN[C@H](C(=O)NCc2ccncc2)c2ccccc21.[Na+]. The van der Waals surface area contributed by atoms with Gasteiger partial charge in [-0.05, 0) is 28.8 Å². The fourth-order valence-corrected chi connectivity index (χ4v) is 3.48. The van der Waals surface area contributed by atoms with Gasteiger partial charge in [0.25, 0.3) is 0 Å². The van der Waals surface area contributed by atoms with Crippen molar-refractivity contribution in [2.45, 2.75) is 18.6 Å². The predicted molar refractivity (Wildman–Crippen MR) is 98.2 cm³/mol. The summed E-state index contributed by atoms with van der Waals surface area (Å²) in [5.41, 5.74) is 6.97. The minimum absolute atomic E-state index is 0. The number of benzene rings is 1. The van der Waals surface area contributed by atoms with Crippen LogP contribution in [0.2, 0.25) is 0 Å². The van der Waals surface area contributed by atoms with Crippen molar-refractivity contribution < 1.29 is 56.4 Å². The van der Waals surface area contributed by atoms with Gasteiger partial charge in [0.2, 0.25) is 16.3 Å². The first-order valence-electron chi connectivity index (χ1n) is 8.49. The maximum atomic E-state index is 12.7. The van der Waals surface area contributed by atoms with Crippen molar-refractivity contribution >= 4 is 22.3 Å². The molecule has 11 nitrogen and oxygen atoms in total. The van der Waals surface area contributed by atoms with Crippen LogP contribution in [-0.2, 0) is 26.0 Å². The van der Waals surface area contributed by atoms with E-state index >= 15 is 0 Å². The number of primary amides is 1. The van der Waals surface area contributed by atoms with Crippen LogP contribution in [0, 0.1) is 0 Å². The molecule has 3 amide bonds. The molecule has 0 spiro atoms. The minimum Gasteiger partial charge on any atom is -0.724 e. The van der Waals surface area contributed by atoms with E-state index in [1.807, 2.05) is 0 Å². The summed E-state index contributed by atoms with van der Waals surface area (Å²) in [5, 5.41) is 6.03. The molecule has 0 fully saturated rings. The summed E-state index contributed by atoms with van der Waals surface area (Å²) in [6, 6.07) is 7.08. The molecular weight excluding hydrogens is 425 g/mol. The number of nitrogens with two attached hydrogens (primary N) is 1. The van der Waals surface area contributed by atoms with E-state index in [0.29, 0.717) is 16.2 Å². The summed E-state index contributed by atoms with van der Waals surface area (Å²) in [5.74, 6) is -0.323. The molecule has 3 rings (SSSR count). The van der Waals surface area contributed by atoms with E-state index in [0.717, 1.165) is 5.56 Å². The van der Waals surface area contributed by atoms with E-state index in [1.54, 1.807) is 48.8 Å². The molecule has 30 heavy (non-hydrogen) atoms. The molecule has 0 radical (unpaired) electrons. The number of nitrogens with one attached hydrogen (secondary N) is 2. The van der Waals surface area contributed by atoms with Crippen molar-refractivity contribution in [3.8, 4) is 0 Å². The molecule has 2 heterocycles. The van der Waals surface area contributed by atoms with Gasteiger partial charge in [-0.3, -0.25) is 15.1 Å². The number of carbonyl (C=O) groups is 2. The molecule has 2 atom stereocenters. The van der Waals surface area contributed by atoms with Crippen LogP contribution in [0.4, 0.5) is 4.79 Å². The van der Waals surface area contributed by atoms with Crippen molar-refractivity contribution in [1.29, 1.82) is 0 Å². The number of carbonyl (C=O) groups excluding carboxylic acids is 2. The Kier molecular flexibility index (Phi) is 8.32. The summed E-state index contributed by atoms with van der Waals surface area (Å²) >= 11 is 0. The first-order valence-corrected chi connectivity index (χ1v) is 9.82. The molecular formula is C17H18N5NaO6S. The fraction of sp³-hybridized carbons (Fsp3) is 0.235. The van der Waals surface area contributed by atoms with Crippen LogP contribution in [0.1, 0.15) is 28.8 Å².